The van der Waals surface area contributed by atoms with Gasteiger partial charge in [-0.3, -0.25) is 4.79 Å². The highest BCUT2D eigenvalue weighted by atomic mass is 32.2. The van der Waals surface area contributed by atoms with E-state index < -0.39 is 22.0 Å². The van der Waals surface area contributed by atoms with Crippen molar-refractivity contribution in [2.75, 3.05) is 0 Å². The van der Waals surface area contributed by atoms with E-state index in [1.807, 2.05) is 6.07 Å². The number of hydrogen-bond donors (Lipinski definition) is 2. The van der Waals surface area contributed by atoms with Gasteiger partial charge in [-0.25, -0.2) is 13.4 Å². The fourth-order valence-electron chi connectivity index (χ4n) is 4.69. The zero-order valence-electron chi connectivity index (χ0n) is 23.4. The molecular weight excluding hydrogens is 565 g/mol. The van der Waals surface area contributed by atoms with Crippen LogP contribution in [-0.2, 0) is 34.1 Å². The maximum absolute atomic E-state index is 13.2. The lowest BCUT2D eigenvalue weighted by molar-refractivity contribution is -0.138. The lowest BCUT2D eigenvalue weighted by Crippen LogP contribution is -2.42. The summed E-state index contributed by atoms with van der Waals surface area (Å²) in [5, 5.41) is 10.6. The number of thiazole rings is 1. The predicted molar refractivity (Wildman–Crippen MR) is 169 cm³/mol. The van der Waals surface area contributed by atoms with Crippen molar-refractivity contribution >= 4 is 27.3 Å². The average Bonchev–Trinajstić information content (AvgIpc) is 3.47. The van der Waals surface area contributed by atoms with E-state index in [2.05, 4.69) is 67.1 Å². The Morgan fingerprint density at radius 3 is 1.86 bits per heavy atom. The normalized spacial score (nSPS) is 12.2. The highest BCUT2D eigenvalue weighted by Crippen LogP contribution is 2.41. The standard InChI is InChI=1S/C34H32N2O4S2/c1-3-23-10-14-27(15-11-23)32-31(35-33(41-32)28-16-12-24(4-2)13-17-28)26-18-20-29(21-19-26)42(39,40)36-30(34(37)38)22-25-8-6-5-7-9-25/h5-21,30,36H,3-4,22H2,1-2H3,(H,37,38)/t30-/m0/s1. The topological polar surface area (TPSA) is 96.4 Å². The molecule has 0 saturated carbocycles. The molecule has 0 aliphatic carbocycles. The number of benzene rings is 4. The van der Waals surface area contributed by atoms with Gasteiger partial charge in [-0.15, -0.1) is 11.3 Å². The van der Waals surface area contributed by atoms with E-state index >= 15 is 0 Å². The van der Waals surface area contributed by atoms with Crippen LogP contribution < -0.4 is 4.72 Å². The summed E-state index contributed by atoms with van der Waals surface area (Å²) in [5.74, 6) is -1.24. The van der Waals surface area contributed by atoms with Crippen molar-refractivity contribution in [2.45, 2.75) is 44.0 Å². The SMILES string of the molecule is CCc1ccc(-c2nc(-c3ccc(S(=O)(=O)N[C@@H](Cc4ccccc4)C(=O)O)cc3)c(-c3ccc(CC)cc3)s2)cc1. The van der Waals surface area contributed by atoms with Gasteiger partial charge in [-0.1, -0.05) is 105 Å². The number of rotatable bonds is 11. The third-order valence-corrected chi connectivity index (χ3v) is 9.82. The summed E-state index contributed by atoms with van der Waals surface area (Å²) in [6, 6.07) is 30.9. The molecular formula is C34H32N2O4S2. The second-order valence-electron chi connectivity index (χ2n) is 10.0. The monoisotopic (exact) mass is 596 g/mol. The molecule has 2 N–H and O–H groups in total. The molecule has 0 aliphatic rings. The van der Waals surface area contributed by atoms with E-state index in [1.54, 1.807) is 47.7 Å². The number of sulfonamides is 1. The van der Waals surface area contributed by atoms with Crippen molar-refractivity contribution in [3.05, 3.63) is 120 Å². The molecule has 1 heterocycles. The molecule has 0 amide bonds. The highest BCUT2D eigenvalue weighted by molar-refractivity contribution is 7.89. The van der Waals surface area contributed by atoms with Gasteiger partial charge in [0.25, 0.3) is 0 Å². The second kappa shape index (κ2) is 12.8. The number of aromatic nitrogens is 1. The van der Waals surface area contributed by atoms with E-state index in [4.69, 9.17) is 4.98 Å². The van der Waals surface area contributed by atoms with Crippen molar-refractivity contribution in [1.82, 2.24) is 9.71 Å². The van der Waals surface area contributed by atoms with Gasteiger partial charge in [0.05, 0.1) is 15.5 Å². The molecule has 214 valence electrons. The zero-order valence-corrected chi connectivity index (χ0v) is 25.1. The first kappa shape index (κ1) is 29.4. The number of carbonyl (C=O) groups is 1. The maximum Gasteiger partial charge on any atom is 0.322 e. The Hall–Kier alpha value is -4.11. The summed E-state index contributed by atoms with van der Waals surface area (Å²) in [5.41, 5.74) is 6.83. The third kappa shape index (κ3) is 6.68. The smallest absolute Gasteiger partial charge is 0.322 e. The van der Waals surface area contributed by atoms with Crippen LogP contribution in [0.2, 0.25) is 0 Å². The van der Waals surface area contributed by atoms with Crippen molar-refractivity contribution in [3.8, 4) is 32.3 Å². The van der Waals surface area contributed by atoms with Crippen LogP contribution in [0.3, 0.4) is 0 Å². The van der Waals surface area contributed by atoms with Crippen LogP contribution in [-0.4, -0.2) is 30.5 Å². The molecule has 4 aromatic carbocycles. The molecule has 42 heavy (non-hydrogen) atoms. The Labute approximate surface area is 250 Å². The van der Waals surface area contributed by atoms with Gasteiger partial charge in [0, 0.05) is 11.1 Å². The first-order chi connectivity index (χ1) is 20.3. The number of aryl methyl sites for hydroxylation is 2. The van der Waals surface area contributed by atoms with Gasteiger partial charge in [-0.2, -0.15) is 4.72 Å². The Bertz CT molecular complexity index is 1760. The third-order valence-electron chi connectivity index (χ3n) is 7.18. The van der Waals surface area contributed by atoms with Crippen molar-refractivity contribution in [3.63, 3.8) is 0 Å². The highest BCUT2D eigenvalue weighted by Gasteiger charge is 2.26. The number of nitrogens with zero attached hydrogens (tertiary/aromatic N) is 1. The molecule has 1 aromatic heterocycles. The van der Waals surface area contributed by atoms with Gasteiger partial charge in [0.2, 0.25) is 10.0 Å². The van der Waals surface area contributed by atoms with E-state index in [0.29, 0.717) is 0 Å². The quantitative estimate of drug-likeness (QED) is 0.168. The van der Waals surface area contributed by atoms with E-state index in [9.17, 15) is 18.3 Å². The van der Waals surface area contributed by atoms with Crippen LogP contribution >= 0.6 is 11.3 Å². The van der Waals surface area contributed by atoms with Crippen molar-refractivity contribution in [1.29, 1.82) is 0 Å². The van der Waals surface area contributed by atoms with Gasteiger partial charge in [0.15, 0.2) is 0 Å². The molecule has 0 bridgehead atoms. The van der Waals surface area contributed by atoms with Crippen LogP contribution in [0.1, 0.15) is 30.5 Å². The number of hydrogen-bond acceptors (Lipinski definition) is 5. The van der Waals surface area contributed by atoms with Gasteiger partial charge in [-0.05, 0) is 53.6 Å². The summed E-state index contributed by atoms with van der Waals surface area (Å²) in [4.78, 5) is 17.9. The minimum absolute atomic E-state index is 0.00924. The zero-order chi connectivity index (χ0) is 29.7. The van der Waals surface area contributed by atoms with Gasteiger partial charge < -0.3 is 5.11 Å². The van der Waals surface area contributed by atoms with E-state index in [1.165, 1.54) is 23.3 Å². The van der Waals surface area contributed by atoms with Gasteiger partial charge >= 0.3 is 5.97 Å². The summed E-state index contributed by atoms with van der Waals surface area (Å²) < 4.78 is 28.7. The molecule has 5 aromatic rings. The fourth-order valence-corrected chi connectivity index (χ4v) is 6.97. The molecule has 0 radical (unpaired) electrons. The summed E-state index contributed by atoms with van der Waals surface area (Å²) in [7, 11) is -4.09. The summed E-state index contributed by atoms with van der Waals surface area (Å²) >= 11 is 1.60. The lowest BCUT2D eigenvalue weighted by Gasteiger charge is -2.15. The fraction of sp³-hybridized carbons (Fsp3) is 0.176. The molecule has 0 aliphatic heterocycles. The minimum atomic E-state index is -4.09. The largest absolute Gasteiger partial charge is 0.480 e. The van der Waals surface area contributed by atoms with Crippen LogP contribution in [0.4, 0.5) is 0 Å². The van der Waals surface area contributed by atoms with E-state index in [0.717, 1.165) is 50.7 Å². The second-order valence-corrected chi connectivity index (χ2v) is 12.7. The van der Waals surface area contributed by atoms with Gasteiger partial charge in [0.1, 0.15) is 11.0 Å². The Morgan fingerprint density at radius 2 is 1.31 bits per heavy atom. The number of carboxylic acids is 1. The molecule has 0 unspecified atom stereocenters. The molecule has 5 rings (SSSR count). The van der Waals surface area contributed by atoms with Crippen molar-refractivity contribution in [2.24, 2.45) is 0 Å². The molecule has 0 saturated heterocycles. The van der Waals surface area contributed by atoms with E-state index in [-0.39, 0.29) is 11.3 Å². The first-order valence-corrected chi connectivity index (χ1v) is 16.2. The molecule has 6 nitrogen and oxygen atoms in total. The number of nitrogens with one attached hydrogen (secondary N) is 1. The molecule has 0 spiro atoms. The van der Waals surface area contributed by atoms with Crippen LogP contribution in [0, 0.1) is 0 Å². The Balaban J connectivity index is 1.47. The van der Waals surface area contributed by atoms with Crippen LogP contribution in [0.25, 0.3) is 32.3 Å². The number of carboxylic acid groups (broad SMARTS) is 1. The molecule has 0 fully saturated rings. The maximum atomic E-state index is 13.2. The first-order valence-electron chi connectivity index (χ1n) is 13.9. The summed E-state index contributed by atoms with van der Waals surface area (Å²) in [6.07, 6.45) is 1.94. The summed E-state index contributed by atoms with van der Waals surface area (Å²) in [6.45, 7) is 4.25. The minimum Gasteiger partial charge on any atom is -0.480 e. The van der Waals surface area contributed by atoms with Crippen molar-refractivity contribution < 1.29 is 18.3 Å². The number of aliphatic carboxylic acids is 1. The Morgan fingerprint density at radius 1 is 0.762 bits per heavy atom. The average molecular weight is 597 g/mol. The van der Waals surface area contributed by atoms with Crippen LogP contribution in [0.5, 0.6) is 0 Å². The Kier molecular flexibility index (Phi) is 8.97. The lowest BCUT2D eigenvalue weighted by atomic mass is 10.0. The molecule has 1 atom stereocenters. The van der Waals surface area contributed by atoms with Crippen LogP contribution in [0.15, 0.2) is 108 Å². The predicted octanol–water partition coefficient (Wildman–Crippen LogP) is 7.24. The molecule has 8 heteroatoms.